The van der Waals surface area contributed by atoms with E-state index in [0.29, 0.717) is 11.3 Å². The topological polar surface area (TPSA) is 137 Å². The number of rotatable bonds is 10. The molecule has 13 heteroatoms. The molecular formula is C25H32N6O7. The van der Waals surface area contributed by atoms with Crippen molar-refractivity contribution in [2.45, 2.75) is 51.6 Å². The molecule has 0 saturated carbocycles. The number of oxime groups is 1. The molecular weight excluding hydrogens is 496 g/mol. The number of carbonyl (C=O) groups is 3. The van der Waals surface area contributed by atoms with Crippen LogP contribution in [-0.2, 0) is 37.1 Å². The molecule has 0 aliphatic carbocycles. The molecule has 2 atom stereocenters. The highest BCUT2D eigenvalue weighted by Gasteiger charge is 2.53. The van der Waals surface area contributed by atoms with Gasteiger partial charge in [0.25, 0.3) is 0 Å². The Hall–Kier alpha value is -4.13. The van der Waals surface area contributed by atoms with Crippen LogP contribution >= 0.6 is 0 Å². The van der Waals surface area contributed by atoms with Gasteiger partial charge in [0.2, 0.25) is 0 Å². The molecule has 2 aliphatic rings. The standard InChI is InChI=1S/C25H32N6O7/c1-25(2,3)38-23(33)26-11-13-36-28-10-12-30-20-18(14-27-30)19-15-29(21(20)22(32)35-4)24(34)31(19)37-16-17-8-6-5-7-9-17/h5-10,14,19,21H,11-13,15-16H2,1-4H3,(H,26,33)/b28-10+/t19-,21-/m0/s1. The Morgan fingerprint density at radius 3 is 2.71 bits per heavy atom. The lowest BCUT2D eigenvalue weighted by Gasteiger charge is -2.29. The number of alkyl carbamates (subject to hydrolysis) is 1. The van der Waals surface area contributed by atoms with E-state index in [-0.39, 0.29) is 32.8 Å². The van der Waals surface area contributed by atoms with E-state index in [0.717, 1.165) is 5.56 Å². The summed E-state index contributed by atoms with van der Waals surface area (Å²) in [6.45, 7) is 6.34. The van der Waals surface area contributed by atoms with Gasteiger partial charge in [-0.3, -0.25) is 9.52 Å². The van der Waals surface area contributed by atoms with Crippen molar-refractivity contribution in [2.75, 3.05) is 26.8 Å². The largest absolute Gasteiger partial charge is 0.467 e. The number of nitrogens with zero attached hydrogens (tertiary/aromatic N) is 5. The Labute approximate surface area is 220 Å². The molecule has 3 heterocycles. The van der Waals surface area contributed by atoms with Gasteiger partial charge in [0.1, 0.15) is 24.9 Å². The lowest BCUT2D eigenvalue weighted by molar-refractivity contribution is -0.146. The van der Waals surface area contributed by atoms with Gasteiger partial charge < -0.3 is 24.5 Å². The monoisotopic (exact) mass is 528 g/mol. The zero-order valence-corrected chi connectivity index (χ0v) is 21.8. The lowest BCUT2D eigenvalue weighted by atomic mass is 9.98. The van der Waals surface area contributed by atoms with Gasteiger partial charge in [0, 0.05) is 5.56 Å². The van der Waals surface area contributed by atoms with Crippen LogP contribution in [0.1, 0.15) is 49.7 Å². The average molecular weight is 529 g/mol. The molecule has 38 heavy (non-hydrogen) atoms. The molecule has 0 radical (unpaired) electrons. The zero-order valence-electron chi connectivity index (χ0n) is 21.8. The predicted octanol–water partition coefficient (Wildman–Crippen LogP) is 2.55. The number of urea groups is 1. The van der Waals surface area contributed by atoms with Crippen molar-refractivity contribution in [3.8, 4) is 0 Å². The number of nitrogens with one attached hydrogen (secondary N) is 1. The minimum absolute atomic E-state index is 0.135. The quantitative estimate of drug-likeness (QED) is 0.215. The van der Waals surface area contributed by atoms with Gasteiger partial charge >= 0.3 is 18.1 Å². The first kappa shape index (κ1) is 26.9. The lowest BCUT2D eigenvalue weighted by Crippen LogP contribution is -2.40. The van der Waals surface area contributed by atoms with Crippen LogP contribution < -0.4 is 5.32 Å². The second kappa shape index (κ2) is 11.5. The number of benzene rings is 1. The van der Waals surface area contributed by atoms with Crippen molar-refractivity contribution in [1.29, 1.82) is 0 Å². The minimum Gasteiger partial charge on any atom is -0.467 e. The molecule has 204 valence electrons. The Balaban J connectivity index is 1.40. The van der Waals surface area contributed by atoms with Crippen LogP contribution in [-0.4, -0.2) is 76.5 Å². The summed E-state index contributed by atoms with van der Waals surface area (Å²) in [7, 11) is 1.28. The summed E-state index contributed by atoms with van der Waals surface area (Å²) in [5.41, 5.74) is 1.56. The molecule has 1 aromatic carbocycles. The molecule has 2 aliphatic heterocycles. The molecule has 1 saturated heterocycles. The summed E-state index contributed by atoms with van der Waals surface area (Å²) in [5, 5.41) is 12.2. The van der Waals surface area contributed by atoms with E-state index in [2.05, 4.69) is 15.6 Å². The highest BCUT2D eigenvalue weighted by atomic mass is 16.7. The third kappa shape index (κ3) is 6.05. The summed E-state index contributed by atoms with van der Waals surface area (Å²) in [4.78, 5) is 50.1. The maximum atomic E-state index is 13.2. The van der Waals surface area contributed by atoms with Crippen molar-refractivity contribution >= 4 is 24.3 Å². The Morgan fingerprint density at radius 2 is 2.00 bits per heavy atom. The highest BCUT2D eigenvalue weighted by molar-refractivity contribution is 5.87. The minimum atomic E-state index is -0.973. The van der Waals surface area contributed by atoms with Gasteiger partial charge in [-0.15, -0.1) is 0 Å². The van der Waals surface area contributed by atoms with Crippen LogP contribution in [0, 0.1) is 0 Å². The first-order chi connectivity index (χ1) is 18.2. The van der Waals surface area contributed by atoms with Gasteiger partial charge in [-0.2, -0.15) is 10.2 Å². The van der Waals surface area contributed by atoms with Crippen LogP contribution in [0.25, 0.3) is 0 Å². The highest BCUT2D eigenvalue weighted by Crippen LogP contribution is 2.44. The molecule has 1 aromatic heterocycles. The fraction of sp³-hybridized carbons (Fsp3) is 0.480. The number of ether oxygens (including phenoxy) is 2. The second-order valence-corrected chi connectivity index (χ2v) is 9.68. The predicted molar refractivity (Wildman–Crippen MR) is 134 cm³/mol. The van der Waals surface area contributed by atoms with E-state index in [1.165, 1.54) is 23.3 Å². The summed E-state index contributed by atoms with van der Waals surface area (Å²) in [6, 6.07) is 7.68. The van der Waals surface area contributed by atoms with E-state index in [1.54, 1.807) is 31.6 Å². The van der Waals surface area contributed by atoms with Gasteiger partial charge in [0.15, 0.2) is 6.04 Å². The SMILES string of the molecule is COC(=O)[C@@H]1c2c(cnn2C/C=N/OCCNC(=O)OC(C)(C)C)[C@@H]2CN1C(=O)N2OCc1ccccc1. The van der Waals surface area contributed by atoms with E-state index in [4.69, 9.17) is 19.1 Å². The van der Waals surface area contributed by atoms with Crippen molar-refractivity contribution < 1.29 is 33.5 Å². The van der Waals surface area contributed by atoms with Crippen molar-refractivity contribution in [2.24, 2.45) is 5.16 Å². The molecule has 0 spiro atoms. The van der Waals surface area contributed by atoms with E-state index in [9.17, 15) is 14.4 Å². The normalized spacial score (nSPS) is 18.5. The van der Waals surface area contributed by atoms with Crippen LogP contribution in [0.2, 0.25) is 0 Å². The molecule has 13 nitrogen and oxygen atoms in total. The van der Waals surface area contributed by atoms with Crippen LogP contribution in [0.4, 0.5) is 9.59 Å². The maximum Gasteiger partial charge on any atom is 0.407 e. The smallest absolute Gasteiger partial charge is 0.407 e. The first-order valence-corrected chi connectivity index (χ1v) is 12.2. The van der Waals surface area contributed by atoms with Gasteiger partial charge in [-0.1, -0.05) is 35.5 Å². The maximum absolute atomic E-state index is 13.2. The van der Waals surface area contributed by atoms with Gasteiger partial charge in [-0.05, 0) is 26.3 Å². The van der Waals surface area contributed by atoms with Crippen LogP contribution in [0.5, 0.6) is 0 Å². The number of hydrogen-bond acceptors (Lipinski definition) is 9. The Kier molecular flexibility index (Phi) is 8.15. The van der Waals surface area contributed by atoms with Crippen LogP contribution in [0.3, 0.4) is 0 Å². The summed E-state index contributed by atoms with van der Waals surface area (Å²) in [6.07, 6.45) is 2.57. The van der Waals surface area contributed by atoms with Crippen LogP contribution in [0.15, 0.2) is 41.7 Å². The molecule has 2 bridgehead atoms. The molecule has 3 amide bonds. The number of hydroxylamine groups is 2. The fourth-order valence-electron chi connectivity index (χ4n) is 4.24. The zero-order chi connectivity index (χ0) is 27.3. The van der Waals surface area contributed by atoms with Gasteiger partial charge in [0.05, 0.1) is 44.8 Å². The molecule has 1 fully saturated rings. The number of fused-ring (bicyclic) bond motifs is 4. The summed E-state index contributed by atoms with van der Waals surface area (Å²) < 4.78 is 11.7. The third-order valence-electron chi connectivity index (χ3n) is 5.83. The molecule has 2 aromatic rings. The number of aromatic nitrogens is 2. The molecule has 4 rings (SSSR count). The van der Waals surface area contributed by atoms with Crippen molar-refractivity contribution in [3.63, 3.8) is 0 Å². The molecule has 0 unspecified atom stereocenters. The Morgan fingerprint density at radius 1 is 1.24 bits per heavy atom. The van der Waals surface area contributed by atoms with Gasteiger partial charge in [-0.25, -0.2) is 14.4 Å². The van der Waals surface area contributed by atoms with E-state index in [1.807, 2.05) is 30.3 Å². The Bertz CT molecular complexity index is 1180. The number of methoxy groups -OCH3 is 1. The number of carbonyl (C=O) groups excluding carboxylic acids is 3. The second-order valence-electron chi connectivity index (χ2n) is 9.68. The fourth-order valence-corrected chi connectivity index (χ4v) is 4.24. The summed E-state index contributed by atoms with van der Waals surface area (Å²) >= 11 is 0. The van der Waals surface area contributed by atoms with E-state index >= 15 is 0 Å². The van der Waals surface area contributed by atoms with Crippen molar-refractivity contribution in [3.05, 3.63) is 53.3 Å². The number of hydrogen-bond donors (Lipinski definition) is 1. The summed E-state index contributed by atoms with van der Waals surface area (Å²) in [5.74, 6) is -0.578. The number of esters is 1. The first-order valence-electron chi connectivity index (χ1n) is 12.2. The third-order valence-corrected chi connectivity index (χ3v) is 5.83. The average Bonchev–Trinajstić information content (AvgIpc) is 3.42. The number of amides is 3. The van der Waals surface area contributed by atoms with Crippen molar-refractivity contribution in [1.82, 2.24) is 25.1 Å². The molecule has 1 N–H and O–H groups in total. The van der Waals surface area contributed by atoms with E-state index < -0.39 is 35.8 Å².